The number of carbonyl (C=O) groups excluding carboxylic acids is 1. The zero-order chi connectivity index (χ0) is 25.1. The molecule has 1 aliphatic heterocycles. The average molecular weight is 497 g/mol. The molecule has 3 aromatic heterocycles. The van der Waals surface area contributed by atoms with Crippen molar-refractivity contribution in [2.75, 3.05) is 11.9 Å². The van der Waals surface area contributed by atoms with Gasteiger partial charge in [-0.15, -0.1) is 0 Å². The van der Waals surface area contributed by atoms with Gasteiger partial charge in [-0.1, -0.05) is 23.8 Å². The van der Waals surface area contributed by atoms with Crippen molar-refractivity contribution in [3.8, 4) is 5.69 Å². The summed E-state index contributed by atoms with van der Waals surface area (Å²) in [6, 6.07) is 21.6. The molecule has 1 saturated heterocycles. The normalized spacial score (nSPS) is 17.2. The van der Waals surface area contributed by atoms with Gasteiger partial charge in [0.05, 0.1) is 29.7 Å². The Morgan fingerprint density at radius 3 is 2.58 bits per heavy atom. The van der Waals surface area contributed by atoms with Crippen molar-refractivity contribution in [2.45, 2.75) is 32.4 Å². The molecule has 1 amide bonds. The fourth-order valence-corrected chi connectivity index (χ4v) is 5.01. The minimum Gasteiger partial charge on any atom is -0.352 e. The average Bonchev–Trinajstić information content (AvgIpc) is 3.44. The molecule has 2 unspecified atom stereocenters. The van der Waals surface area contributed by atoms with Crippen molar-refractivity contribution in [2.24, 2.45) is 0 Å². The van der Waals surface area contributed by atoms with Crippen LogP contribution < -0.4 is 10.6 Å². The Morgan fingerprint density at radius 2 is 1.86 bits per heavy atom. The maximum atomic E-state index is 12.8. The van der Waals surface area contributed by atoms with Crippen LogP contribution in [0.3, 0.4) is 0 Å². The quantitative estimate of drug-likeness (QED) is 0.355. The Balaban J connectivity index is 1.45. The number of pyridine rings is 2. The number of benzene rings is 1. The summed E-state index contributed by atoms with van der Waals surface area (Å²) in [5.41, 5.74) is 5.96. The van der Waals surface area contributed by atoms with Gasteiger partial charge in [-0.05, 0) is 74.6 Å². The van der Waals surface area contributed by atoms with Gasteiger partial charge >= 0.3 is 0 Å². The van der Waals surface area contributed by atoms with Gasteiger partial charge in [0.15, 0.2) is 5.11 Å². The number of nitrogens with one attached hydrogen (secondary N) is 2. The molecule has 0 spiro atoms. The SMILES string of the molecule is Cc1ccc(NC(=O)CCN2C(=S)NC(c3ccccn3)C2c2ccc(C)n2-c2cccnc2)cc1. The van der Waals surface area contributed by atoms with Gasteiger partial charge in [0, 0.05) is 42.4 Å². The number of anilines is 1. The van der Waals surface area contributed by atoms with Gasteiger partial charge in [0.2, 0.25) is 5.91 Å². The molecule has 4 aromatic rings. The predicted molar refractivity (Wildman–Crippen MR) is 145 cm³/mol. The minimum absolute atomic E-state index is 0.0551. The number of thiocarbonyl (C=S) groups is 1. The maximum Gasteiger partial charge on any atom is 0.226 e. The van der Waals surface area contributed by atoms with Crippen molar-refractivity contribution in [3.63, 3.8) is 0 Å². The smallest absolute Gasteiger partial charge is 0.226 e. The molecule has 0 saturated carbocycles. The summed E-state index contributed by atoms with van der Waals surface area (Å²) in [6.07, 6.45) is 5.71. The molecule has 2 atom stereocenters. The molecule has 1 fully saturated rings. The van der Waals surface area contributed by atoms with Gasteiger partial charge in [-0.3, -0.25) is 14.8 Å². The van der Waals surface area contributed by atoms with Crippen LogP contribution in [0.4, 0.5) is 5.69 Å². The second kappa shape index (κ2) is 10.3. The molecule has 0 aliphatic carbocycles. The van der Waals surface area contributed by atoms with E-state index in [0.717, 1.165) is 34.0 Å². The molecule has 7 nitrogen and oxygen atoms in total. The van der Waals surface area contributed by atoms with Crippen LogP contribution in [-0.4, -0.2) is 37.0 Å². The molecule has 4 heterocycles. The van der Waals surface area contributed by atoms with E-state index in [-0.39, 0.29) is 18.0 Å². The number of rotatable bonds is 7. The molecule has 0 radical (unpaired) electrons. The van der Waals surface area contributed by atoms with Crippen LogP contribution in [-0.2, 0) is 4.79 Å². The zero-order valence-corrected chi connectivity index (χ0v) is 21.1. The number of hydrogen-bond donors (Lipinski definition) is 2. The lowest BCUT2D eigenvalue weighted by Crippen LogP contribution is -2.33. The van der Waals surface area contributed by atoms with Crippen molar-refractivity contribution in [3.05, 3.63) is 108 Å². The summed E-state index contributed by atoms with van der Waals surface area (Å²) in [5, 5.41) is 7.07. The highest BCUT2D eigenvalue weighted by molar-refractivity contribution is 7.80. The molecule has 0 bridgehead atoms. The molecule has 36 heavy (non-hydrogen) atoms. The molecule has 2 N–H and O–H groups in total. The van der Waals surface area contributed by atoms with Crippen LogP contribution in [0.25, 0.3) is 5.69 Å². The van der Waals surface area contributed by atoms with E-state index in [2.05, 4.69) is 49.1 Å². The van der Waals surface area contributed by atoms with Crippen molar-refractivity contribution >= 4 is 28.9 Å². The summed E-state index contributed by atoms with van der Waals surface area (Å²) < 4.78 is 2.20. The first-order chi connectivity index (χ1) is 17.5. The van der Waals surface area contributed by atoms with Gasteiger partial charge < -0.3 is 20.1 Å². The standard InChI is InChI=1S/C28H28N6OS/c1-19-8-11-21(12-9-19)31-25(35)14-17-33-27(26(32-28(33)36)23-7-3-4-16-30-23)24-13-10-20(2)34(24)22-6-5-15-29-18-22/h3-13,15-16,18,26-27H,14,17H2,1-2H3,(H,31,35)(H,32,36). The summed E-state index contributed by atoms with van der Waals surface area (Å²) in [6.45, 7) is 4.56. The molecular formula is C28H28N6OS. The second-order valence-corrected chi connectivity index (χ2v) is 9.32. The number of nitrogens with zero attached hydrogens (tertiary/aromatic N) is 4. The van der Waals surface area contributed by atoms with E-state index in [1.54, 1.807) is 12.4 Å². The first-order valence-electron chi connectivity index (χ1n) is 11.9. The minimum atomic E-state index is -0.163. The molecule has 1 aromatic carbocycles. The summed E-state index contributed by atoms with van der Waals surface area (Å²) in [5.74, 6) is -0.0551. The number of hydrogen-bond acceptors (Lipinski definition) is 4. The fraction of sp³-hybridized carbons (Fsp3) is 0.214. The van der Waals surface area contributed by atoms with Gasteiger partial charge in [-0.2, -0.15) is 0 Å². The largest absolute Gasteiger partial charge is 0.352 e. The zero-order valence-electron chi connectivity index (χ0n) is 20.3. The van der Waals surface area contributed by atoms with Gasteiger partial charge in [-0.25, -0.2) is 0 Å². The van der Waals surface area contributed by atoms with Crippen LogP contribution in [0.15, 0.2) is 85.3 Å². The fourth-order valence-electron chi connectivity index (χ4n) is 4.68. The summed E-state index contributed by atoms with van der Waals surface area (Å²) in [7, 11) is 0. The topological polar surface area (TPSA) is 75.1 Å². The van der Waals surface area contributed by atoms with Gasteiger partial charge in [0.25, 0.3) is 0 Å². The van der Waals surface area contributed by atoms with Crippen LogP contribution in [0.1, 0.15) is 41.1 Å². The van der Waals surface area contributed by atoms with Crippen LogP contribution in [0, 0.1) is 13.8 Å². The highest BCUT2D eigenvalue weighted by atomic mass is 32.1. The van der Waals surface area contributed by atoms with Crippen LogP contribution in [0.2, 0.25) is 0 Å². The Bertz CT molecular complexity index is 1350. The number of amides is 1. The lowest BCUT2D eigenvalue weighted by Gasteiger charge is -2.29. The summed E-state index contributed by atoms with van der Waals surface area (Å²) >= 11 is 5.79. The monoisotopic (exact) mass is 496 g/mol. The maximum absolute atomic E-state index is 12.8. The lowest BCUT2D eigenvalue weighted by molar-refractivity contribution is -0.116. The van der Waals surface area contributed by atoms with Crippen LogP contribution >= 0.6 is 12.2 Å². The Labute approximate surface area is 216 Å². The second-order valence-electron chi connectivity index (χ2n) is 8.93. The highest BCUT2D eigenvalue weighted by Gasteiger charge is 2.41. The molecule has 182 valence electrons. The first-order valence-corrected chi connectivity index (χ1v) is 12.4. The first kappa shape index (κ1) is 23.7. The molecular weight excluding hydrogens is 468 g/mol. The Hall–Kier alpha value is -4.04. The van der Waals surface area contributed by atoms with Crippen molar-refractivity contribution in [1.29, 1.82) is 0 Å². The van der Waals surface area contributed by atoms with Gasteiger partial charge in [0.1, 0.15) is 0 Å². The van der Waals surface area contributed by atoms with Crippen molar-refractivity contribution in [1.82, 2.24) is 24.8 Å². The van der Waals surface area contributed by atoms with E-state index in [1.807, 2.05) is 67.7 Å². The predicted octanol–water partition coefficient (Wildman–Crippen LogP) is 4.89. The van der Waals surface area contributed by atoms with E-state index in [0.29, 0.717) is 18.1 Å². The third-order valence-electron chi connectivity index (χ3n) is 6.43. The number of aryl methyl sites for hydroxylation is 2. The number of carbonyl (C=O) groups is 1. The third-order valence-corrected chi connectivity index (χ3v) is 6.78. The van der Waals surface area contributed by atoms with E-state index in [4.69, 9.17) is 12.2 Å². The Kier molecular flexibility index (Phi) is 6.77. The van der Waals surface area contributed by atoms with E-state index < -0.39 is 0 Å². The van der Waals surface area contributed by atoms with E-state index in [1.165, 1.54) is 0 Å². The summed E-state index contributed by atoms with van der Waals surface area (Å²) in [4.78, 5) is 23.9. The van der Waals surface area contributed by atoms with Crippen LogP contribution in [0.5, 0.6) is 0 Å². The Morgan fingerprint density at radius 1 is 1.03 bits per heavy atom. The number of aromatic nitrogens is 3. The molecule has 8 heteroatoms. The van der Waals surface area contributed by atoms with E-state index >= 15 is 0 Å². The lowest BCUT2D eigenvalue weighted by atomic mass is 10.0. The van der Waals surface area contributed by atoms with Crippen molar-refractivity contribution < 1.29 is 4.79 Å². The van der Waals surface area contributed by atoms with E-state index in [9.17, 15) is 4.79 Å². The third kappa shape index (κ3) is 4.85. The highest BCUT2D eigenvalue weighted by Crippen LogP contribution is 2.40. The molecule has 5 rings (SSSR count). The molecule has 1 aliphatic rings.